The van der Waals surface area contributed by atoms with E-state index in [1.807, 2.05) is 25.1 Å². The molecule has 0 fully saturated rings. The molecule has 0 saturated heterocycles. The van der Waals surface area contributed by atoms with Crippen LogP contribution in [0, 0.1) is 30.1 Å². The average Bonchev–Trinajstić information content (AvgIpc) is 2.16. The van der Waals surface area contributed by atoms with Gasteiger partial charge in [0.05, 0.1) is 7.11 Å². The third-order valence-corrected chi connectivity index (χ3v) is 1.67. The predicted molar refractivity (Wildman–Crippen MR) is 50.2 cm³/mol. The zero-order valence-corrected chi connectivity index (χ0v) is 7.59. The number of hydrogen-bond acceptors (Lipinski definition) is 2. The van der Waals surface area contributed by atoms with Crippen LogP contribution in [-0.4, -0.2) is 7.11 Å². The topological polar surface area (TPSA) is 33.0 Å². The van der Waals surface area contributed by atoms with E-state index in [0.29, 0.717) is 0 Å². The summed E-state index contributed by atoms with van der Waals surface area (Å²) in [5, 5.41) is 8.25. The van der Waals surface area contributed by atoms with Crippen LogP contribution >= 0.6 is 0 Å². The van der Waals surface area contributed by atoms with E-state index in [4.69, 9.17) is 10.00 Å². The predicted octanol–water partition coefficient (Wildman–Crippen LogP) is 1.88. The molecule has 0 aliphatic rings. The molecule has 0 spiro atoms. The summed E-state index contributed by atoms with van der Waals surface area (Å²) in [5.41, 5.74) is 1.86. The Kier molecular flexibility index (Phi) is 2.95. The number of nitrogens with zero attached hydrogens (tertiary/aromatic N) is 1. The van der Waals surface area contributed by atoms with Gasteiger partial charge in [-0.3, -0.25) is 0 Å². The summed E-state index contributed by atoms with van der Waals surface area (Å²) in [6, 6.07) is 7.37. The lowest BCUT2D eigenvalue weighted by Crippen LogP contribution is -1.87. The maximum Gasteiger partial charge on any atom is 0.152 e. The lowest BCUT2D eigenvalue weighted by atomic mass is 10.1. The number of rotatable bonds is 1. The molecule has 1 aromatic carbocycles. The summed E-state index contributed by atoms with van der Waals surface area (Å²) in [4.78, 5) is 0. The van der Waals surface area contributed by atoms with Crippen molar-refractivity contribution in [2.45, 2.75) is 6.92 Å². The van der Waals surface area contributed by atoms with Crippen LogP contribution in [-0.2, 0) is 0 Å². The Morgan fingerprint density at radius 3 is 2.77 bits per heavy atom. The molecule has 0 aliphatic heterocycles. The van der Waals surface area contributed by atoms with Crippen LogP contribution in [0.2, 0.25) is 0 Å². The minimum absolute atomic E-state index is 0.795. The van der Waals surface area contributed by atoms with E-state index in [1.54, 1.807) is 13.2 Å². The minimum Gasteiger partial charge on any atom is -0.496 e. The molecule has 0 bridgehead atoms. The lowest BCUT2D eigenvalue weighted by Gasteiger charge is -2.03. The minimum atomic E-state index is 0.795. The van der Waals surface area contributed by atoms with E-state index in [9.17, 15) is 0 Å². The second-order valence-electron chi connectivity index (χ2n) is 2.55. The van der Waals surface area contributed by atoms with Gasteiger partial charge < -0.3 is 4.74 Å². The second kappa shape index (κ2) is 4.18. The zero-order chi connectivity index (χ0) is 9.68. The van der Waals surface area contributed by atoms with Crippen molar-refractivity contribution < 1.29 is 4.74 Å². The Morgan fingerprint density at radius 2 is 2.15 bits per heavy atom. The maximum atomic E-state index is 8.25. The summed E-state index contributed by atoms with van der Waals surface area (Å²) in [6.07, 6.45) is 0. The van der Waals surface area contributed by atoms with Crippen LogP contribution in [0.15, 0.2) is 18.2 Å². The highest BCUT2D eigenvalue weighted by atomic mass is 16.5. The highest BCUT2D eigenvalue weighted by Gasteiger charge is 1.97. The van der Waals surface area contributed by atoms with Crippen LogP contribution in [0.5, 0.6) is 5.75 Å². The molecule has 2 heteroatoms. The Bertz CT molecular complexity index is 404. The van der Waals surface area contributed by atoms with E-state index in [0.717, 1.165) is 16.9 Å². The largest absolute Gasteiger partial charge is 0.496 e. The van der Waals surface area contributed by atoms with Gasteiger partial charge in [0.15, 0.2) is 6.07 Å². The molecule has 13 heavy (non-hydrogen) atoms. The molecular weight excluding hydrogens is 162 g/mol. The molecule has 0 aromatic heterocycles. The Morgan fingerprint density at radius 1 is 1.38 bits per heavy atom. The van der Waals surface area contributed by atoms with Gasteiger partial charge in [0.25, 0.3) is 0 Å². The van der Waals surface area contributed by atoms with Gasteiger partial charge in [-0.05, 0) is 24.6 Å². The first-order chi connectivity index (χ1) is 6.27. The van der Waals surface area contributed by atoms with Crippen LogP contribution in [0.3, 0.4) is 0 Å². The molecule has 0 radical (unpaired) electrons. The standard InChI is InChI=1S/C11H9NO/c1-9-5-6-10(4-3-7-12)8-11(9)13-2/h5-6,8H,1-2H3. The van der Waals surface area contributed by atoms with Gasteiger partial charge in [0.1, 0.15) is 5.75 Å². The van der Waals surface area contributed by atoms with Crippen LogP contribution in [0.25, 0.3) is 0 Å². The van der Waals surface area contributed by atoms with Crippen molar-refractivity contribution in [1.29, 1.82) is 5.26 Å². The second-order valence-corrected chi connectivity index (χ2v) is 2.55. The molecule has 0 N–H and O–H groups in total. The average molecular weight is 171 g/mol. The van der Waals surface area contributed by atoms with Crippen molar-refractivity contribution in [3.8, 4) is 23.7 Å². The number of hydrogen-bond donors (Lipinski definition) is 0. The fraction of sp³-hybridized carbons (Fsp3) is 0.182. The van der Waals surface area contributed by atoms with Gasteiger partial charge in [-0.15, -0.1) is 0 Å². The molecule has 1 aromatic rings. The molecule has 0 aliphatic carbocycles. The summed E-state index contributed by atoms with van der Waals surface area (Å²) in [6.45, 7) is 1.96. The molecule has 0 unspecified atom stereocenters. The quantitative estimate of drug-likeness (QED) is 0.604. The normalized spacial score (nSPS) is 8.08. The fourth-order valence-electron chi connectivity index (χ4n) is 0.998. The molecule has 64 valence electrons. The maximum absolute atomic E-state index is 8.25. The van der Waals surface area contributed by atoms with E-state index in [1.165, 1.54) is 0 Å². The number of methoxy groups -OCH3 is 1. The van der Waals surface area contributed by atoms with Crippen molar-refractivity contribution in [2.75, 3.05) is 7.11 Å². The van der Waals surface area contributed by atoms with Gasteiger partial charge >= 0.3 is 0 Å². The Balaban J connectivity index is 3.08. The first-order valence-corrected chi connectivity index (χ1v) is 3.82. The zero-order valence-electron chi connectivity index (χ0n) is 7.59. The van der Waals surface area contributed by atoms with Crippen LogP contribution in [0.1, 0.15) is 11.1 Å². The Hall–Kier alpha value is -1.93. The summed E-state index contributed by atoms with van der Waals surface area (Å²) >= 11 is 0. The lowest BCUT2D eigenvalue weighted by molar-refractivity contribution is 0.411. The molecular formula is C11H9NO. The van der Waals surface area contributed by atoms with E-state index >= 15 is 0 Å². The van der Waals surface area contributed by atoms with E-state index < -0.39 is 0 Å². The number of aryl methyl sites for hydroxylation is 1. The van der Waals surface area contributed by atoms with E-state index in [-0.39, 0.29) is 0 Å². The Labute approximate surface area is 77.8 Å². The van der Waals surface area contributed by atoms with Gasteiger partial charge in [-0.25, -0.2) is 0 Å². The SMILES string of the molecule is COc1cc(C#CC#N)ccc1C. The van der Waals surface area contributed by atoms with Gasteiger partial charge in [-0.2, -0.15) is 5.26 Å². The van der Waals surface area contributed by atoms with Crippen molar-refractivity contribution in [3.05, 3.63) is 29.3 Å². The van der Waals surface area contributed by atoms with Crippen LogP contribution < -0.4 is 4.74 Å². The van der Waals surface area contributed by atoms with Gasteiger partial charge in [0.2, 0.25) is 0 Å². The highest BCUT2D eigenvalue weighted by molar-refractivity contribution is 5.45. The smallest absolute Gasteiger partial charge is 0.152 e. The van der Waals surface area contributed by atoms with Crippen molar-refractivity contribution in [2.24, 2.45) is 0 Å². The third kappa shape index (κ3) is 2.25. The molecule has 0 atom stereocenters. The fourth-order valence-corrected chi connectivity index (χ4v) is 0.998. The molecule has 0 heterocycles. The van der Waals surface area contributed by atoms with Crippen molar-refractivity contribution in [1.82, 2.24) is 0 Å². The number of ether oxygens (including phenoxy) is 1. The third-order valence-electron chi connectivity index (χ3n) is 1.67. The van der Waals surface area contributed by atoms with Crippen molar-refractivity contribution >= 4 is 0 Å². The molecule has 2 nitrogen and oxygen atoms in total. The monoisotopic (exact) mass is 171 g/mol. The summed E-state index contributed by atoms with van der Waals surface area (Å²) < 4.78 is 5.11. The first kappa shape index (κ1) is 9.16. The molecule has 0 saturated carbocycles. The van der Waals surface area contributed by atoms with Gasteiger partial charge in [-0.1, -0.05) is 12.0 Å². The first-order valence-electron chi connectivity index (χ1n) is 3.82. The number of nitriles is 1. The summed E-state index contributed by atoms with van der Waals surface area (Å²) in [5.74, 6) is 5.84. The highest BCUT2D eigenvalue weighted by Crippen LogP contribution is 2.17. The summed E-state index contributed by atoms with van der Waals surface area (Å²) in [7, 11) is 1.61. The van der Waals surface area contributed by atoms with E-state index in [2.05, 4.69) is 11.8 Å². The molecule has 1 rings (SSSR count). The number of benzene rings is 1. The molecule has 0 amide bonds. The van der Waals surface area contributed by atoms with Crippen LogP contribution in [0.4, 0.5) is 0 Å². The van der Waals surface area contributed by atoms with Crippen molar-refractivity contribution in [3.63, 3.8) is 0 Å². The van der Waals surface area contributed by atoms with Gasteiger partial charge in [0, 0.05) is 11.5 Å².